The summed E-state index contributed by atoms with van der Waals surface area (Å²) >= 11 is 0. The van der Waals surface area contributed by atoms with Crippen molar-refractivity contribution in [2.75, 3.05) is 0 Å². The standard InChI is InChI=1S/C12H19NO/c1-8(2)10-6-11-4-5-12(7-10)13(11)9(3)14/h6,8,11-12H,4-5,7H2,1-3H3. The minimum Gasteiger partial charge on any atom is -0.333 e. The predicted molar refractivity (Wildman–Crippen MR) is 56.9 cm³/mol. The molecule has 2 bridgehead atoms. The van der Waals surface area contributed by atoms with Gasteiger partial charge in [-0.2, -0.15) is 0 Å². The second-order valence-electron chi connectivity index (χ2n) is 4.83. The first kappa shape index (κ1) is 9.75. The summed E-state index contributed by atoms with van der Waals surface area (Å²) < 4.78 is 0. The Hall–Kier alpha value is -0.790. The Morgan fingerprint density at radius 3 is 2.71 bits per heavy atom. The minimum atomic E-state index is 0.247. The van der Waals surface area contributed by atoms with Crippen LogP contribution in [0.25, 0.3) is 0 Å². The van der Waals surface area contributed by atoms with Crippen LogP contribution in [0.3, 0.4) is 0 Å². The molecule has 0 aromatic carbocycles. The molecular weight excluding hydrogens is 174 g/mol. The van der Waals surface area contributed by atoms with Crippen LogP contribution < -0.4 is 0 Å². The van der Waals surface area contributed by atoms with Gasteiger partial charge in [-0.25, -0.2) is 0 Å². The molecule has 1 saturated heterocycles. The van der Waals surface area contributed by atoms with E-state index in [4.69, 9.17) is 0 Å². The maximum atomic E-state index is 11.4. The molecule has 0 N–H and O–H groups in total. The molecule has 0 aromatic heterocycles. The third kappa shape index (κ3) is 1.47. The van der Waals surface area contributed by atoms with E-state index >= 15 is 0 Å². The first-order chi connectivity index (χ1) is 6.59. The second-order valence-corrected chi connectivity index (χ2v) is 4.83. The van der Waals surface area contributed by atoms with Gasteiger partial charge in [-0.15, -0.1) is 0 Å². The summed E-state index contributed by atoms with van der Waals surface area (Å²) in [4.78, 5) is 13.5. The Balaban J connectivity index is 2.21. The van der Waals surface area contributed by atoms with Crippen molar-refractivity contribution in [1.29, 1.82) is 0 Å². The Labute approximate surface area is 86.0 Å². The zero-order valence-electron chi connectivity index (χ0n) is 9.29. The molecule has 2 heteroatoms. The zero-order valence-corrected chi connectivity index (χ0v) is 9.29. The van der Waals surface area contributed by atoms with E-state index in [0.717, 1.165) is 6.42 Å². The summed E-state index contributed by atoms with van der Waals surface area (Å²) in [5.74, 6) is 0.892. The summed E-state index contributed by atoms with van der Waals surface area (Å²) in [5, 5.41) is 0. The summed E-state index contributed by atoms with van der Waals surface area (Å²) in [6.07, 6.45) is 5.79. The van der Waals surface area contributed by atoms with E-state index in [2.05, 4.69) is 24.8 Å². The molecule has 2 atom stereocenters. The van der Waals surface area contributed by atoms with Gasteiger partial charge in [0.05, 0.1) is 6.04 Å². The maximum Gasteiger partial charge on any atom is 0.220 e. The van der Waals surface area contributed by atoms with E-state index in [1.807, 2.05) is 0 Å². The third-order valence-corrected chi connectivity index (χ3v) is 3.53. The van der Waals surface area contributed by atoms with Gasteiger partial charge in [-0.05, 0) is 25.2 Å². The van der Waals surface area contributed by atoms with Crippen molar-refractivity contribution in [3.8, 4) is 0 Å². The van der Waals surface area contributed by atoms with Gasteiger partial charge in [0.2, 0.25) is 5.91 Å². The molecule has 2 nitrogen and oxygen atoms in total. The fourth-order valence-electron chi connectivity index (χ4n) is 2.78. The monoisotopic (exact) mass is 193 g/mol. The number of fused-ring (bicyclic) bond motifs is 2. The summed E-state index contributed by atoms with van der Waals surface area (Å²) in [6, 6.07) is 0.906. The highest BCUT2D eigenvalue weighted by Crippen LogP contribution is 2.36. The Bertz CT molecular complexity index is 280. The highest BCUT2D eigenvalue weighted by atomic mass is 16.2. The van der Waals surface area contributed by atoms with Gasteiger partial charge in [0, 0.05) is 13.0 Å². The lowest BCUT2D eigenvalue weighted by atomic mass is 9.92. The maximum absolute atomic E-state index is 11.4. The van der Waals surface area contributed by atoms with Crippen LogP contribution in [0.15, 0.2) is 11.6 Å². The van der Waals surface area contributed by atoms with E-state index in [0.29, 0.717) is 18.0 Å². The SMILES string of the molecule is CC(=O)N1C2C=C(C(C)C)CC1CC2. The number of rotatable bonds is 1. The molecule has 2 aliphatic rings. The average Bonchev–Trinajstić information content (AvgIpc) is 2.37. The van der Waals surface area contributed by atoms with Crippen molar-refractivity contribution < 1.29 is 4.79 Å². The number of nitrogens with zero attached hydrogens (tertiary/aromatic N) is 1. The van der Waals surface area contributed by atoms with Crippen molar-refractivity contribution in [2.24, 2.45) is 5.92 Å². The molecule has 14 heavy (non-hydrogen) atoms. The molecular formula is C12H19NO. The Morgan fingerprint density at radius 2 is 2.21 bits per heavy atom. The lowest BCUT2D eigenvalue weighted by Crippen LogP contribution is -2.42. The van der Waals surface area contributed by atoms with Gasteiger partial charge in [0.1, 0.15) is 0 Å². The highest BCUT2D eigenvalue weighted by Gasteiger charge is 2.38. The number of carbonyl (C=O) groups is 1. The molecule has 2 rings (SSSR count). The van der Waals surface area contributed by atoms with E-state index in [1.165, 1.54) is 12.8 Å². The van der Waals surface area contributed by atoms with Gasteiger partial charge in [-0.1, -0.05) is 25.5 Å². The van der Waals surface area contributed by atoms with Crippen LogP contribution >= 0.6 is 0 Å². The van der Waals surface area contributed by atoms with Crippen molar-refractivity contribution in [3.63, 3.8) is 0 Å². The quantitative estimate of drug-likeness (QED) is 0.585. The Morgan fingerprint density at radius 1 is 1.50 bits per heavy atom. The molecule has 2 heterocycles. The second kappa shape index (κ2) is 3.41. The van der Waals surface area contributed by atoms with Gasteiger partial charge in [0.25, 0.3) is 0 Å². The normalized spacial score (nSPS) is 30.9. The molecule has 1 fully saturated rings. The molecule has 2 aliphatic heterocycles. The zero-order chi connectivity index (χ0) is 10.3. The van der Waals surface area contributed by atoms with Gasteiger partial charge in [0.15, 0.2) is 0 Å². The van der Waals surface area contributed by atoms with E-state index < -0.39 is 0 Å². The lowest BCUT2D eigenvalue weighted by molar-refractivity contribution is -0.131. The molecule has 0 saturated carbocycles. The van der Waals surface area contributed by atoms with Gasteiger partial charge >= 0.3 is 0 Å². The van der Waals surface area contributed by atoms with E-state index in [-0.39, 0.29) is 5.91 Å². The largest absolute Gasteiger partial charge is 0.333 e. The number of hydrogen-bond acceptors (Lipinski definition) is 1. The van der Waals surface area contributed by atoms with Crippen LogP contribution in [-0.4, -0.2) is 22.9 Å². The van der Waals surface area contributed by atoms with Crippen molar-refractivity contribution >= 4 is 5.91 Å². The third-order valence-electron chi connectivity index (χ3n) is 3.53. The molecule has 1 amide bonds. The summed E-state index contributed by atoms with van der Waals surface area (Å²) in [5.41, 5.74) is 1.55. The van der Waals surface area contributed by atoms with Crippen LogP contribution in [0.5, 0.6) is 0 Å². The lowest BCUT2D eigenvalue weighted by Gasteiger charge is -2.34. The van der Waals surface area contributed by atoms with Crippen LogP contribution in [0.4, 0.5) is 0 Å². The van der Waals surface area contributed by atoms with Crippen LogP contribution in [0.2, 0.25) is 0 Å². The first-order valence-corrected chi connectivity index (χ1v) is 5.59. The van der Waals surface area contributed by atoms with Crippen molar-refractivity contribution in [3.05, 3.63) is 11.6 Å². The summed E-state index contributed by atoms with van der Waals surface area (Å²) in [7, 11) is 0. The summed E-state index contributed by atoms with van der Waals surface area (Å²) in [6.45, 7) is 6.18. The number of carbonyl (C=O) groups excluding carboxylic acids is 1. The van der Waals surface area contributed by atoms with Crippen LogP contribution in [0, 0.1) is 5.92 Å². The number of amides is 1. The minimum absolute atomic E-state index is 0.247. The molecule has 0 aromatic rings. The van der Waals surface area contributed by atoms with Crippen molar-refractivity contribution in [2.45, 2.75) is 52.1 Å². The highest BCUT2D eigenvalue weighted by molar-refractivity contribution is 5.75. The van der Waals surface area contributed by atoms with Crippen LogP contribution in [0.1, 0.15) is 40.0 Å². The van der Waals surface area contributed by atoms with Crippen molar-refractivity contribution in [1.82, 2.24) is 4.90 Å². The predicted octanol–water partition coefficient (Wildman–Crippen LogP) is 2.35. The van der Waals surface area contributed by atoms with E-state index in [1.54, 1.807) is 12.5 Å². The van der Waals surface area contributed by atoms with Crippen LogP contribution in [-0.2, 0) is 4.79 Å². The first-order valence-electron chi connectivity index (χ1n) is 5.59. The molecule has 0 aliphatic carbocycles. The number of hydrogen-bond donors (Lipinski definition) is 0. The van der Waals surface area contributed by atoms with Gasteiger partial charge < -0.3 is 4.90 Å². The topological polar surface area (TPSA) is 20.3 Å². The molecule has 2 unspecified atom stereocenters. The molecule has 78 valence electrons. The average molecular weight is 193 g/mol. The Kier molecular flexibility index (Phi) is 2.38. The fraction of sp³-hybridized carbons (Fsp3) is 0.750. The molecule has 0 spiro atoms. The van der Waals surface area contributed by atoms with Gasteiger partial charge in [-0.3, -0.25) is 4.79 Å². The molecule has 0 radical (unpaired) electrons. The van der Waals surface area contributed by atoms with E-state index in [9.17, 15) is 4.79 Å². The fourth-order valence-corrected chi connectivity index (χ4v) is 2.78. The smallest absolute Gasteiger partial charge is 0.220 e.